The van der Waals surface area contributed by atoms with Crippen molar-refractivity contribution in [3.8, 4) is 0 Å². The summed E-state index contributed by atoms with van der Waals surface area (Å²) in [6, 6.07) is 0.536. The van der Waals surface area contributed by atoms with E-state index in [1.165, 1.54) is 19.3 Å². The zero-order valence-electron chi connectivity index (χ0n) is 9.37. The summed E-state index contributed by atoms with van der Waals surface area (Å²) in [6.45, 7) is 5.57. The Morgan fingerprint density at radius 2 is 2.14 bits per heavy atom. The fraction of sp³-hybridized carbons (Fsp3) is 1.00. The van der Waals surface area contributed by atoms with Crippen molar-refractivity contribution in [2.24, 2.45) is 17.6 Å². The van der Waals surface area contributed by atoms with Gasteiger partial charge in [0.2, 0.25) is 0 Å². The van der Waals surface area contributed by atoms with Gasteiger partial charge in [-0.3, -0.25) is 0 Å². The molecule has 3 heteroatoms. The third-order valence-electron chi connectivity index (χ3n) is 3.32. The van der Waals surface area contributed by atoms with Crippen LogP contribution in [0, 0.1) is 11.8 Å². The Morgan fingerprint density at radius 3 is 2.71 bits per heavy atom. The van der Waals surface area contributed by atoms with Gasteiger partial charge < -0.3 is 16.2 Å². The fourth-order valence-corrected chi connectivity index (χ4v) is 2.10. The van der Waals surface area contributed by atoms with E-state index in [1.807, 2.05) is 13.8 Å². The van der Waals surface area contributed by atoms with Gasteiger partial charge in [-0.2, -0.15) is 0 Å². The van der Waals surface area contributed by atoms with Gasteiger partial charge in [-0.15, -0.1) is 0 Å². The van der Waals surface area contributed by atoms with Crippen LogP contribution in [0.3, 0.4) is 0 Å². The molecule has 0 aromatic rings. The molecule has 1 aliphatic carbocycles. The number of aliphatic hydroxyl groups is 1. The van der Waals surface area contributed by atoms with Gasteiger partial charge in [-0.05, 0) is 31.2 Å². The first-order valence-corrected chi connectivity index (χ1v) is 5.76. The van der Waals surface area contributed by atoms with E-state index in [9.17, 15) is 5.11 Å². The molecule has 1 aliphatic rings. The molecular formula is C11H24N2O. The molecule has 0 spiro atoms. The summed E-state index contributed by atoms with van der Waals surface area (Å²) in [5.74, 6) is 0.953. The molecule has 1 saturated carbocycles. The zero-order chi connectivity index (χ0) is 10.6. The summed E-state index contributed by atoms with van der Waals surface area (Å²) in [7, 11) is 0. The lowest BCUT2D eigenvalue weighted by atomic mass is 10.0. The minimum absolute atomic E-state index is 0.228. The molecule has 0 aromatic heterocycles. The second-order valence-electron chi connectivity index (χ2n) is 4.75. The number of hydrogen-bond donors (Lipinski definition) is 3. The van der Waals surface area contributed by atoms with Crippen molar-refractivity contribution >= 4 is 0 Å². The number of nitrogens with one attached hydrogen (secondary N) is 1. The van der Waals surface area contributed by atoms with Crippen molar-refractivity contribution in [3.63, 3.8) is 0 Å². The molecule has 1 rings (SSSR count). The number of aliphatic hydroxyl groups excluding tert-OH is 1. The predicted molar refractivity (Wildman–Crippen MR) is 59.0 cm³/mol. The normalized spacial score (nSPS) is 29.8. The van der Waals surface area contributed by atoms with Crippen LogP contribution in [-0.4, -0.2) is 30.3 Å². The molecule has 4 N–H and O–H groups in total. The standard InChI is InChI=1S/C11H24N2O/c1-8(2)11(14)7-13-10-5-3-4-9(10)6-12/h8-11,13-14H,3-7,12H2,1-2H3. The molecule has 3 nitrogen and oxygen atoms in total. The first kappa shape index (κ1) is 12.0. The molecule has 0 radical (unpaired) electrons. The van der Waals surface area contributed by atoms with Crippen LogP contribution in [0.25, 0.3) is 0 Å². The van der Waals surface area contributed by atoms with Crippen LogP contribution in [0.1, 0.15) is 33.1 Å². The third kappa shape index (κ3) is 3.23. The molecule has 0 aromatic carbocycles. The maximum absolute atomic E-state index is 9.65. The highest BCUT2D eigenvalue weighted by molar-refractivity contribution is 4.84. The molecule has 0 aliphatic heterocycles. The van der Waals surface area contributed by atoms with Crippen LogP contribution < -0.4 is 11.1 Å². The van der Waals surface area contributed by atoms with Crippen molar-refractivity contribution in [2.75, 3.05) is 13.1 Å². The SMILES string of the molecule is CC(C)C(O)CNC1CCCC1CN. The van der Waals surface area contributed by atoms with Crippen molar-refractivity contribution in [1.29, 1.82) is 0 Å². The van der Waals surface area contributed by atoms with E-state index >= 15 is 0 Å². The topological polar surface area (TPSA) is 58.3 Å². The summed E-state index contributed by atoms with van der Waals surface area (Å²) in [5, 5.41) is 13.1. The van der Waals surface area contributed by atoms with Gasteiger partial charge in [-0.1, -0.05) is 20.3 Å². The highest BCUT2D eigenvalue weighted by Gasteiger charge is 2.26. The largest absolute Gasteiger partial charge is 0.392 e. The van der Waals surface area contributed by atoms with Crippen LogP contribution in [0.5, 0.6) is 0 Å². The number of nitrogens with two attached hydrogens (primary N) is 1. The van der Waals surface area contributed by atoms with Gasteiger partial charge in [0, 0.05) is 12.6 Å². The lowest BCUT2D eigenvalue weighted by Crippen LogP contribution is -2.41. The van der Waals surface area contributed by atoms with Crippen LogP contribution in [0.4, 0.5) is 0 Å². The van der Waals surface area contributed by atoms with Gasteiger partial charge >= 0.3 is 0 Å². The Hall–Kier alpha value is -0.120. The van der Waals surface area contributed by atoms with Crippen molar-refractivity contribution in [2.45, 2.75) is 45.3 Å². The zero-order valence-corrected chi connectivity index (χ0v) is 9.37. The molecule has 84 valence electrons. The molecule has 1 fully saturated rings. The first-order valence-electron chi connectivity index (χ1n) is 5.76. The molecular weight excluding hydrogens is 176 g/mol. The van der Waals surface area contributed by atoms with E-state index in [2.05, 4.69) is 5.32 Å². The van der Waals surface area contributed by atoms with Gasteiger partial charge in [0.25, 0.3) is 0 Å². The molecule has 0 bridgehead atoms. The van der Waals surface area contributed by atoms with E-state index in [1.54, 1.807) is 0 Å². The maximum Gasteiger partial charge on any atom is 0.0687 e. The third-order valence-corrected chi connectivity index (χ3v) is 3.32. The number of rotatable bonds is 5. The number of hydrogen-bond acceptors (Lipinski definition) is 3. The van der Waals surface area contributed by atoms with Crippen molar-refractivity contribution in [1.82, 2.24) is 5.32 Å². The average molecular weight is 200 g/mol. The van der Waals surface area contributed by atoms with Crippen molar-refractivity contribution < 1.29 is 5.11 Å². The molecule has 3 unspecified atom stereocenters. The molecule has 14 heavy (non-hydrogen) atoms. The summed E-state index contributed by atoms with van der Waals surface area (Å²) >= 11 is 0. The van der Waals surface area contributed by atoms with Gasteiger partial charge in [-0.25, -0.2) is 0 Å². The first-order chi connectivity index (χ1) is 6.65. The Morgan fingerprint density at radius 1 is 1.43 bits per heavy atom. The highest BCUT2D eigenvalue weighted by atomic mass is 16.3. The summed E-state index contributed by atoms with van der Waals surface area (Å²) in [4.78, 5) is 0. The van der Waals surface area contributed by atoms with E-state index in [0.29, 0.717) is 24.4 Å². The van der Waals surface area contributed by atoms with Crippen LogP contribution in [-0.2, 0) is 0 Å². The minimum Gasteiger partial charge on any atom is -0.392 e. The summed E-state index contributed by atoms with van der Waals surface area (Å²) in [5.41, 5.74) is 5.69. The molecule has 0 heterocycles. The van der Waals surface area contributed by atoms with Gasteiger partial charge in [0.1, 0.15) is 0 Å². The van der Waals surface area contributed by atoms with E-state index in [0.717, 1.165) is 6.54 Å². The molecule has 0 saturated heterocycles. The predicted octanol–water partition coefficient (Wildman–Crippen LogP) is 0.720. The van der Waals surface area contributed by atoms with E-state index in [-0.39, 0.29) is 6.10 Å². The average Bonchev–Trinajstić information content (AvgIpc) is 2.60. The maximum atomic E-state index is 9.65. The van der Waals surface area contributed by atoms with Gasteiger partial charge in [0.05, 0.1) is 6.10 Å². The van der Waals surface area contributed by atoms with E-state index in [4.69, 9.17) is 5.73 Å². The lowest BCUT2D eigenvalue weighted by molar-refractivity contribution is 0.118. The Labute approximate surface area is 87.1 Å². The Kier molecular flexibility index (Phi) is 4.85. The Balaban J connectivity index is 2.23. The van der Waals surface area contributed by atoms with Gasteiger partial charge in [0.15, 0.2) is 0 Å². The second-order valence-corrected chi connectivity index (χ2v) is 4.75. The van der Waals surface area contributed by atoms with E-state index < -0.39 is 0 Å². The fourth-order valence-electron chi connectivity index (χ4n) is 2.10. The quantitative estimate of drug-likeness (QED) is 0.613. The monoisotopic (exact) mass is 200 g/mol. The smallest absolute Gasteiger partial charge is 0.0687 e. The van der Waals surface area contributed by atoms with Crippen LogP contribution >= 0.6 is 0 Å². The van der Waals surface area contributed by atoms with Crippen LogP contribution in [0.2, 0.25) is 0 Å². The summed E-state index contributed by atoms with van der Waals surface area (Å²) < 4.78 is 0. The summed E-state index contributed by atoms with van der Waals surface area (Å²) in [6.07, 6.45) is 3.50. The van der Waals surface area contributed by atoms with Crippen LogP contribution in [0.15, 0.2) is 0 Å². The lowest BCUT2D eigenvalue weighted by Gasteiger charge is -2.22. The van der Waals surface area contributed by atoms with Crippen molar-refractivity contribution in [3.05, 3.63) is 0 Å². The minimum atomic E-state index is -0.228. The highest BCUT2D eigenvalue weighted by Crippen LogP contribution is 2.24. The second kappa shape index (κ2) is 5.69. The Bertz CT molecular complexity index is 161. The molecule has 0 amide bonds. The molecule has 3 atom stereocenters.